The van der Waals surface area contributed by atoms with Crippen molar-refractivity contribution >= 4 is 23.1 Å². The molecule has 2 aromatic carbocycles. The largest absolute Gasteiger partial charge is 0.372 e. The van der Waals surface area contributed by atoms with Gasteiger partial charge in [0.15, 0.2) is 0 Å². The second-order valence-electron chi connectivity index (χ2n) is 5.23. The van der Waals surface area contributed by atoms with Gasteiger partial charge in [-0.1, -0.05) is 18.2 Å². The minimum atomic E-state index is -0.116. The van der Waals surface area contributed by atoms with E-state index in [1.165, 1.54) is 5.69 Å². The van der Waals surface area contributed by atoms with Gasteiger partial charge in [-0.15, -0.1) is 0 Å². The van der Waals surface area contributed by atoms with Crippen LogP contribution in [0.15, 0.2) is 54.6 Å². The number of hydrogen-bond acceptors (Lipinski definition) is 2. The standard InChI is InChI=1S/C19H25N3O/c1-4-21(5-2)17-14-12-16(13-15-17)20-19(23)22(6-3)18-10-8-7-9-11-18/h7-15H,4-6H2,1-3H3,(H,20,23). The summed E-state index contributed by atoms with van der Waals surface area (Å²) in [5.41, 5.74) is 2.87. The minimum Gasteiger partial charge on any atom is -0.372 e. The molecule has 2 rings (SSSR count). The molecule has 0 atom stereocenters. The number of carbonyl (C=O) groups is 1. The summed E-state index contributed by atoms with van der Waals surface area (Å²) in [5, 5.41) is 2.96. The molecule has 0 aromatic heterocycles. The van der Waals surface area contributed by atoms with Gasteiger partial charge in [-0.3, -0.25) is 4.90 Å². The molecule has 0 aliphatic carbocycles. The fraction of sp³-hybridized carbons (Fsp3) is 0.316. The molecule has 4 heteroatoms. The van der Waals surface area contributed by atoms with Crippen LogP contribution >= 0.6 is 0 Å². The molecule has 1 N–H and O–H groups in total. The molecule has 0 fully saturated rings. The molecule has 0 aliphatic rings. The summed E-state index contributed by atoms with van der Waals surface area (Å²) in [6.45, 7) is 8.80. The molecule has 0 saturated heterocycles. The Balaban J connectivity index is 2.07. The number of rotatable bonds is 6. The van der Waals surface area contributed by atoms with Gasteiger partial charge in [-0.25, -0.2) is 4.79 Å². The number of urea groups is 1. The monoisotopic (exact) mass is 311 g/mol. The van der Waals surface area contributed by atoms with Crippen molar-refractivity contribution in [1.29, 1.82) is 0 Å². The highest BCUT2D eigenvalue weighted by atomic mass is 16.2. The van der Waals surface area contributed by atoms with Gasteiger partial charge in [0, 0.05) is 36.7 Å². The quantitative estimate of drug-likeness (QED) is 0.847. The Morgan fingerprint density at radius 2 is 1.43 bits per heavy atom. The highest BCUT2D eigenvalue weighted by Gasteiger charge is 2.13. The van der Waals surface area contributed by atoms with Gasteiger partial charge in [-0.2, -0.15) is 0 Å². The first-order chi connectivity index (χ1) is 11.2. The van der Waals surface area contributed by atoms with Crippen LogP contribution in [0, 0.1) is 0 Å². The molecule has 0 radical (unpaired) electrons. The molecule has 0 aliphatic heterocycles. The van der Waals surface area contributed by atoms with E-state index in [2.05, 4.69) is 24.1 Å². The van der Waals surface area contributed by atoms with Crippen molar-refractivity contribution in [2.75, 3.05) is 34.8 Å². The molecule has 0 bridgehead atoms. The summed E-state index contributed by atoms with van der Waals surface area (Å²) < 4.78 is 0. The molecule has 23 heavy (non-hydrogen) atoms. The van der Waals surface area contributed by atoms with Gasteiger partial charge in [0.1, 0.15) is 0 Å². The van der Waals surface area contributed by atoms with E-state index in [0.717, 1.165) is 24.5 Å². The second-order valence-corrected chi connectivity index (χ2v) is 5.23. The van der Waals surface area contributed by atoms with Crippen LogP contribution in [0.2, 0.25) is 0 Å². The summed E-state index contributed by atoms with van der Waals surface area (Å²) in [6, 6.07) is 17.6. The van der Waals surface area contributed by atoms with Crippen LogP contribution in [-0.4, -0.2) is 25.7 Å². The van der Waals surface area contributed by atoms with E-state index in [1.54, 1.807) is 4.90 Å². The van der Waals surface area contributed by atoms with Crippen molar-refractivity contribution in [3.05, 3.63) is 54.6 Å². The lowest BCUT2D eigenvalue weighted by molar-refractivity contribution is 0.257. The zero-order valence-electron chi connectivity index (χ0n) is 14.1. The number of hydrogen-bond donors (Lipinski definition) is 1. The summed E-state index contributed by atoms with van der Waals surface area (Å²) in [7, 11) is 0. The maximum Gasteiger partial charge on any atom is 0.326 e. The van der Waals surface area contributed by atoms with Crippen molar-refractivity contribution in [1.82, 2.24) is 0 Å². The Kier molecular flexibility index (Phi) is 6.03. The predicted molar refractivity (Wildman–Crippen MR) is 98.5 cm³/mol. The van der Waals surface area contributed by atoms with Crippen LogP contribution in [0.3, 0.4) is 0 Å². The smallest absolute Gasteiger partial charge is 0.326 e. The predicted octanol–water partition coefficient (Wildman–Crippen LogP) is 4.59. The molecule has 2 amide bonds. The molecule has 122 valence electrons. The number of para-hydroxylation sites is 1. The minimum absolute atomic E-state index is 0.116. The number of nitrogens with zero attached hydrogens (tertiary/aromatic N) is 2. The lowest BCUT2D eigenvalue weighted by Gasteiger charge is -2.23. The van der Waals surface area contributed by atoms with Crippen molar-refractivity contribution in [3.8, 4) is 0 Å². The Morgan fingerprint density at radius 3 is 1.96 bits per heavy atom. The van der Waals surface area contributed by atoms with E-state index in [9.17, 15) is 4.79 Å². The summed E-state index contributed by atoms with van der Waals surface area (Å²) in [5.74, 6) is 0. The molecule has 0 spiro atoms. The van der Waals surface area contributed by atoms with Gasteiger partial charge < -0.3 is 10.2 Å². The first-order valence-electron chi connectivity index (χ1n) is 8.18. The third-order valence-corrected chi connectivity index (χ3v) is 3.88. The zero-order chi connectivity index (χ0) is 16.7. The van der Waals surface area contributed by atoms with E-state index >= 15 is 0 Å². The summed E-state index contributed by atoms with van der Waals surface area (Å²) >= 11 is 0. The van der Waals surface area contributed by atoms with E-state index in [-0.39, 0.29) is 6.03 Å². The van der Waals surface area contributed by atoms with E-state index < -0.39 is 0 Å². The van der Waals surface area contributed by atoms with Gasteiger partial charge in [0.2, 0.25) is 0 Å². The number of amides is 2. The van der Waals surface area contributed by atoms with Gasteiger partial charge in [-0.05, 0) is 57.2 Å². The SMILES string of the molecule is CCN(CC)c1ccc(NC(=O)N(CC)c2ccccc2)cc1. The van der Waals surface area contributed by atoms with Crippen molar-refractivity contribution in [2.24, 2.45) is 0 Å². The lowest BCUT2D eigenvalue weighted by atomic mass is 10.2. The maximum atomic E-state index is 12.5. The summed E-state index contributed by atoms with van der Waals surface area (Å²) in [4.78, 5) is 16.5. The highest BCUT2D eigenvalue weighted by molar-refractivity contribution is 6.01. The highest BCUT2D eigenvalue weighted by Crippen LogP contribution is 2.19. The molecule has 4 nitrogen and oxygen atoms in total. The molecular weight excluding hydrogens is 286 g/mol. The Hall–Kier alpha value is -2.49. The van der Waals surface area contributed by atoms with Crippen molar-refractivity contribution < 1.29 is 4.79 Å². The third-order valence-electron chi connectivity index (χ3n) is 3.88. The lowest BCUT2D eigenvalue weighted by Crippen LogP contribution is -2.34. The fourth-order valence-corrected chi connectivity index (χ4v) is 2.59. The van der Waals surface area contributed by atoms with Crippen LogP contribution in [0.5, 0.6) is 0 Å². The van der Waals surface area contributed by atoms with Crippen LogP contribution in [0.4, 0.5) is 21.9 Å². The van der Waals surface area contributed by atoms with Crippen LogP contribution in [0.25, 0.3) is 0 Å². The molecule has 0 heterocycles. The van der Waals surface area contributed by atoms with E-state index in [0.29, 0.717) is 6.54 Å². The first-order valence-corrected chi connectivity index (χ1v) is 8.18. The van der Waals surface area contributed by atoms with Crippen molar-refractivity contribution in [2.45, 2.75) is 20.8 Å². The fourth-order valence-electron chi connectivity index (χ4n) is 2.59. The zero-order valence-corrected chi connectivity index (χ0v) is 14.1. The molecule has 2 aromatic rings. The Morgan fingerprint density at radius 1 is 0.826 bits per heavy atom. The van der Waals surface area contributed by atoms with Gasteiger partial charge in [0.25, 0.3) is 0 Å². The number of carbonyl (C=O) groups excluding carboxylic acids is 1. The third kappa shape index (κ3) is 4.25. The maximum absolute atomic E-state index is 12.5. The topological polar surface area (TPSA) is 35.6 Å². The van der Waals surface area contributed by atoms with E-state index in [4.69, 9.17) is 0 Å². The van der Waals surface area contributed by atoms with Crippen LogP contribution < -0.4 is 15.1 Å². The molecule has 0 saturated carbocycles. The van der Waals surface area contributed by atoms with Crippen LogP contribution in [-0.2, 0) is 0 Å². The number of benzene rings is 2. The van der Waals surface area contributed by atoms with E-state index in [1.807, 2.05) is 61.5 Å². The second kappa shape index (κ2) is 8.22. The average molecular weight is 311 g/mol. The normalized spacial score (nSPS) is 10.2. The Bertz CT molecular complexity index is 606. The summed E-state index contributed by atoms with van der Waals surface area (Å²) in [6.07, 6.45) is 0. The molecule has 0 unspecified atom stereocenters. The average Bonchev–Trinajstić information content (AvgIpc) is 2.59. The van der Waals surface area contributed by atoms with Gasteiger partial charge in [0.05, 0.1) is 0 Å². The number of anilines is 3. The Labute approximate surface area is 138 Å². The van der Waals surface area contributed by atoms with Crippen molar-refractivity contribution in [3.63, 3.8) is 0 Å². The van der Waals surface area contributed by atoms with Gasteiger partial charge >= 0.3 is 6.03 Å². The first kappa shape index (κ1) is 16.9. The number of nitrogens with one attached hydrogen (secondary N) is 1. The van der Waals surface area contributed by atoms with Crippen LogP contribution in [0.1, 0.15) is 20.8 Å². The molecular formula is C19H25N3O.